The number of likely N-dealkylation sites (tertiary alicyclic amines) is 1. The normalized spacial score (nSPS) is 18.0. The molecule has 0 bridgehead atoms. The Kier molecular flexibility index (Phi) is 4.74. The summed E-state index contributed by atoms with van der Waals surface area (Å²) in [5.41, 5.74) is 6.26. The quantitative estimate of drug-likeness (QED) is 0.915. The van der Waals surface area contributed by atoms with E-state index in [4.69, 9.17) is 10.5 Å². The Labute approximate surface area is 139 Å². The second-order valence-electron chi connectivity index (χ2n) is 5.62. The number of hydrogen-bond acceptors (Lipinski definition) is 5. The predicted octanol–water partition coefficient (Wildman–Crippen LogP) is 1.36. The summed E-state index contributed by atoms with van der Waals surface area (Å²) < 4.78 is 5.06. The van der Waals surface area contributed by atoms with Crippen molar-refractivity contribution < 1.29 is 14.3 Å². The van der Waals surface area contributed by atoms with Crippen LogP contribution in [0.2, 0.25) is 0 Å². The molecular formula is C16H19N5O3. The van der Waals surface area contributed by atoms with E-state index in [1.807, 2.05) is 18.2 Å². The van der Waals surface area contributed by atoms with Crippen LogP contribution in [0.3, 0.4) is 0 Å². The first-order valence-corrected chi connectivity index (χ1v) is 7.86. The lowest BCUT2D eigenvalue weighted by atomic mass is 10.1. The van der Waals surface area contributed by atoms with Crippen LogP contribution in [0, 0.1) is 0 Å². The van der Waals surface area contributed by atoms with Crippen molar-refractivity contribution in [3.8, 4) is 5.69 Å². The number of benzene rings is 1. The molecule has 1 aliphatic heterocycles. The minimum atomic E-state index is -0.769. The van der Waals surface area contributed by atoms with Gasteiger partial charge in [-0.2, -0.15) is 15.0 Å². The Bertz CT molecular complexity index is 716. The molecule has 126 valence electrons. The number of hydrogen-bond donors (Lipinski definition) is 1. The highest BCUT2D eigenvalue weighted by atomic mass is 16.6. The van der Waals surface area contributed by atoms with E-state index in [0.717, 1.165) is 6.42 Å². The number of aromatic nitrogens is 3. The number of carbonyl (C=O) groups excluding carboxylic acids is 2. The Hall–Kier alpha value is -2.90. The van der Waals surface area contributed by atoms with Gasteiger partial charge in [0.15, 0.2) is 0 Å². The lowest BCUT2D eigenvalue weighted by molar-refractivity contribution is 0.0742. The maximum absolute atomic E-state index is 12.9. The second-order valence-corrected chi connectivity index (χ2v) is 5.62. The fraction of sp³-hybridized carbons (Fsp3) is 0.375. The van der Waals surface area contributed by atoms with Crippen LogP contribution >= 0.6 is 0 Å². The summed E-state index contributed by atoms with van der Waals surface area (Å²) in [6.45, 7) is 1.12. The SMILES string of the molecule is NC(=O)OC1CCCN(C(=O)c2ccccc2-n2nccn2)CC1. The van der Waals surface area contributed by atoms with Crippen molar-refractivity contribution >= 4 is 12.0 Å². The van der Waals surface area contributed by atoms with Crippen molar-refractivity contribution in [2.75, 3.05) is 13.1 Å². The third kappa shape index (κ3) is 3.53. The Balaban J connectivity index is 1.77. The molecule has 1 fully saturated rings. The first kappa shape index (κ1) is 16.0. The van der Waals surface area contributed by atoms with Gasteiger partial charge < -0.3 is 15.4 Å². The van der Waals surface area contributed by atoms with Crippen molar-refractivity contribution in [2.45, 2.75) is 25.4 Å². The first-order chi connectivity index (χ1) is 11.6. The molecule has 1 saturated heterocycles. The molecular weight excluding hydrogens is 310 g/mol. The topological polar surface area (TPSA) is 103 Å². The largest absolute Gasteiger partial charge is 0.446 e. The lowest BCUT2D eigenvalue weighted by Crippen LogP contribution is -2.33. The van der Waals surface area contributed by atoms with Gasteiger partial charge in [0.1, 0.15) is 6.10 Å². The summed E-state index contributed by atoms with van der Waals surface area (Å²) >= 11 is 0. The summed E-state index contributed by atoms with van der Waals surface area (Å²) in [6.07, 6.45) is 4.17. The standard InChI is InChI=1S/C16H19N5O3/c17-16(23)24-12-4-3-10-20(11-7-12)15(22)13-5-1-2-6-14(13)21-18-8-9-19-21/h1-2,5-6,8-9,12H,3-4,7,10-11H2,(H2,17,23). The smallest absolute Gasteiger partial charge is 0.404 e. The summed E-state index contributed by atoms with van der Waals surface area (Å²) in [4.78, 5) is 27.0. The van der Waals surface area contributed by atoms with Crippen LogP contribution in [0.1, 0.15) is 29.6 Å². The molecule has 2 aromatic rings. The third-order valence-electron chi connectivity index (χ3n) is 4.01. The van der Waals surface area contributed by atoms with E-state index in [1.165, 1.54) is 4.80 Å². The van der Waals surface area contributed by atoms with Crippen LogP contribution in [0.5, 0.6) is 0 Å². The Morgan fingerprint density at radius 1 is 1.12 bits per heavy atom. The van der Waals surface area contributed by atoms with Gasteiger partial charge in [0.2, 0.25) is 0 Å². The second kappa shape index (κ2) is 7.12. The van der Waals surface area contributed by atoms with Gasteiger partial charge in [0.25, 0.3) is 5.91 Å². The molecule has 8 nitrogen and oxygen atoms in total. The number of rotatable bonds is 3. The Morgan fingerprint density at radius 2 is 1.88 bits per heavy atom. The number of nitrogens with zero attached hydrogens (tertiary/aromatic N) is 4. The van der Waals surface area contributed by atoms with E-state index in [9.17, 15) is 9.59 Å². The molecule has 1 aromatic heterocycles. The minimum Gasteiger partial charge on any atom is -0.446 e. The van der Waals surface area contributed by atoms with Crippen molar-refractivity contribution in [1.29, 1.82) is 0 Å². The van der Waals surface area contributed by atoms with Crippen LogP contribution in [0.4, 0.5) is 4.79 Å². The molecule has 2 amide bonds. The third-order valence-corrected chi connectivity index (χ3v) is 4.01. The van der Waals surface area contributed by atoms with Gasteiger partial charge in [-0.25, -0.2) is 4.79 Å². The molecule has 2 N–H and O–H groups in total. The Morgan fingerprint density at radius 3 is 2.62 bits per heavy atom. The minimum absolute atomic E-state index is 0.0809. The van der Waals surface area contributed by atoms with Crippen molar-refractivity contribution in [2.24, 2.45) is 5.73 Å². The monoisotopic (exact) mass is 329 g/mol. The number of primary amides is 1. The molecule has 3 rings (SSSR count). The van der Waals surface area contributed by atoms with E-state index < -0.39 is 6.09 Å². The number of carbonyl (C=O) groups is 2. The molecule has 2 heterocycles. The molecule has 0 radical (unpaired) electrons. The lowest BCUT2D eigenvalue weighted by Gasteiger charge is -2.21. The summed E-state index contributed by atoms with van der Waals surface area (Å²) in [7, 11) is 0. The fourth-order valence-corrected chi connectivity index (χ4v) is 2.89. The van der Waals surface area contributed by atoms with Gasteiger partial charge in [0.05, 0.1) is 23.6 Å². The maximum Gasteiger partial charge on any atom is 0.404 e. The average molecular weight is 329 g/mol. The predicted molar refractivity (Wildman–Crippen MR) is 85.6 cm³/mol. The van der Waals surface area contributed by atoms with Crippen LogP contribution in [-0.4, -0.2) is 51.1 Å². The van der Waals surface area contributed by atoms with E-state index >= 15 is 0 Å². The first-order valence-electron chi connectivity index (χ1n) is 7.86. The van der Waals surface area contributed by atoms with Gasteiger partial charge in [-0.1, -0.05) is 12.1 Å². The van der Waals surface area contributed by atoms with E-state index in [-0.39, 0.29) is 12.0 Å². The zero-order valence-electron chi connectivity index (χ0n) is 13.2. The van der Waals surface area contributed by atoms with Crippen molar-refractivity contribution in [1.82, 2.24) is 19.9 Å². The zero-order valence-corrected chi connectivity index (χ0v) is 13.2. The van der Waals surface area contributed by atoms with Gasteiger partial charge in [-0.3, -0.25) is 4.79 Å². The summed E-state index contributed by atoms with van der Waals surface area (Å²) in [5, 5.41) is 8.20. The number of amides is 2. The van der Waals surface area contributed by atoms with Crippen LogP contribution < -0.4 is 5.73 Å². The van der Waals surface area contributed by atoms with Crippen LogP contribution in [0.25, 0.3) is 5.69 Å². The van der Waals surface area contributed by atoms with Crippen LogP contribution in [-0.2, 0) is 4.74 Å². The average Bonchev–Trinajstić information content (AvgIpc) is 3.01. The molecule has 0 spiro atoms. The van der Waals surface area contributed by atoms with Crippen molar-refractivity contribution in [3.63, 3.8) is 0 Å². The number of nitrogens with two attached hydrogens (primary N) is 1. The molecule has 1 aliphatic rings. The fourth-order valence-electron chi connectivity index (χ4n) is 2.89. The van der Waals surface area contributed by atoms with E-state index in [1.54, 1.807) is 23.4 Å². The molecule has 1 atom stereocenters. The summed E-state index contributed by atoms with van der Waals surface area (Å²) in [5.74, 6) is -0.0809. The van der Waals surface area contributed by atoms with E-state index in [0.29, 0.717) is 37.2 Å². The van der Waals surface area contributed by atoms with Gasteiger partial charge in [0, 0.05) is 19.5 Å². The molecule has 1 unspecified atom stereocenters. The molecule has 24 heavy (non-hydrogen) atoms. The van der Waals surface area contributed by atoms with Crippen LogP contribution in [0.15, 0.2) is 36.7 Å². The van der Waals surface area contributed by atoms with E-state index in [2.05, 4.69) is 10.2 Å². The van der Waals surface area contributed by atoms with Gasteiger partial charge in [-0.15, -0.1) is 0 Å². The van der Waals surface area contributed by atoms with Crippen molar-refractivity contribution in [3.05, 3.63) is 42.2 Å². The maximum atomic E-state index is 12.9. The molecule has 8 heteroatoms. The molecule has 0 saturated carbocycles. The molecule has 1 aromatic carbocycles. The highest BCUT2D eigenvalue weighted by molar-refractivity contribution is 5.97. The molecule has 0 aliphatic carbocycles. The van der Waals surface area contributed by atoms with Gasteiger partial charge >= 0.3 is 6.09 Å². The zero-order chi connectivity index (χ0) is 16.9. The summed E-state index contributed by atoms with van der Waals surface area (Å²) in [6, 6.07) is 7.24. The highest BCUT2D eigenvalue weighted by Gasteiger charge is 2.25. The highest BCUT2D eigenvalue weighted by Crippen LogP contribution is 2.19. The van der Waals surface area contributed by atoms with Gasteiger partial charge in [-0.05, 0) is 25.0 Å². The number of ether oxygens (including phenoxy) is 1. The number of para-hydroxylation sites is 1.